The van der Waals surface area contributed by atoms with Crippen LogP contribution in [0.3, 0.4) is 0 Å². The largest absolute Gasteiger partial charge is 0.485 e. The minimum absolute atomic E-state index is 0.247. The van der Waals surface area contributed by atoms with E-state index in [1.54, 1.807) is 13.4 Å². The molecule has 0 aliphatic carbocycles. The zero-order chi connectivity index (χ0) is 16.4. The maximum absolute atomic E-state index is 6.50. The summed E-state index contributed by atoms with van der Waals surface area (Å²) in [6.07, 6.45) is 3.29. The van der Waals surface area contributed by atoms with Crippen LogP contribution in [0.1, 0.15) is 18.4 Å². The molecule has 6 nitrogen and oxygen atoms in total. The number of nitrogens with zero attached hydrogens (tertiary/aromatic N) is 3. The molecule has 6 heteroatoms. The van der Waals surface area contributed by atoms with Crippen LogP contribution in [0.25, 0.3) is 0 Å². The van der Waals surface area contributed by atoms with Gasteiger partial charge in [0.15, 0.2) is 0 Å². The molecule has 2 aliphatic heterocycles. The zero-order valence-corrected chi connectivity index (χ0v) is 13.8. The van der Waals surface area contributed by atoms with Crippen molar-refractivity contribution in [2.45, 2.75) is 25.0 Å². The van der Waals surface area contributed by atoms with Crippen LogP contribution in [0.2, 0.25) is 0 Å². The molecule has 1 aromatic heterocycles. The normalized spacial score (nSPS) is 19.3. The van der Waals surface area contributed by atoms with Crippen molar-refractivity contribution >= 4 is 5.82 Å². The molecule has 0 radical (unpaired) electrons. The third-order valence-electron chi connectivity index (χ3n) is 4.70. The maximum atomic E-state index is 6.50. The molecule has 1 fully saturated rings. The fourth-order valence-electron chi connectivity index (χ4n) is 3.39. The lowest BCUT2D eigenvalue weighted by molar-refractivity contribution is -0.0391. The van der Waals surface area contributed by atoms with Gasteiger partial charge < -0.3 is 19.1 Å². The lowest BCUT2D eigenvalue weighted by Crippen LogP contribution is -2.49. The Balaban J connectivity index is 1.73. The first-order chi connectivity index (χ1) is 11.8. The van der Waals surface area contributed by atoms with Crippen molar-refractivity contribution in [3.05, 3.63) is 42.2 Å². The number of methoxy groups -OCH3 is 1. The summed E-state index contributed by atoms with van der Waals surface area (Å²) in [6.45, 7) is 2.97. The van der Waals surface area contributed by atoms with E-state index >= 15 is 0 Å². The van der Waals surface area contributed by atoms with Gasteiger partial charge in [0.05, 0.1) is 26.9 Å². The molecule has 0 saturated carbocycles. The molecular weight excluding hydrogens is 306 g/mol. The Labute approximate surface area is 141 Å². The van der Waals surface area contributed by atoms with Gasteiger partial charge in [-0.3, -0.25) is 0 Å². The Morgan fingerprint density at radius 3 is 2.83 bits per heavy atom. The lowest BCUT2D eigenvalue weighted by Gasteiger charge is -2.39. The number of benzene rings is 1. The van der Waals surface area contributed by atoms with E-state index in [-0.39, 0.29) is 5.60 Å². The number of fused-ring (bicyclic) bond motifs is 1. The summed E-state index contributed by atoms with van der Waals surface area (Å²) >= 11 is 0. The molecule has 1 saturated heterocycles. The smallest absolute Gasteiger partial charge is 0.218 e. The second kappa shape index (κ2) is 6.28. The van der Waals surface area contributed by atoms with Gasteiger partial charge in [-0.2, -0.15) is 0 Å². The molecule has 0 bridgehead atoms. The topological polar surface area (TPSA) is 56.7 Å². The third-order valence-corrected chi connectivity index (χ3v) is 4.70. The Morgan fingerprint density at radius 2 is 2.00 bits per heavy atom. The van der Waals surface area contributed by atoms with E-state index in [1.165, 1.54) is 5.56 Å². The third kappa shape index (κ3) is 2.89. The van der Waals surface area contributed by atoms with E-state index < -0.39 is 0 Å². The zero-order valence-electron chi connectivity index (χ0n) is 13.8. The Hall–Kier alpha value is -2.34. The molecular formula is C18H21N3O3. The molecule has 1 spiro atoms. The van der Waals surface area contributed by atoms with Crippen LogP contribution in [0, 0.1) is 0 Å². The average molecular weight is 327 g/mol. The van der Waals surface area contributed by atoms with Gasteiger partial charge in [-0.15, -0.1) is 0 Å². The molecule has 1 aromatic carbocycles. The summed E-state index contributed by atoms with van der Waals surface area (Å²) in [5.41, 5.74) is 0.918. The lowest BCUT2D eigenvalue weighted by atomic mass is 9.93. The number of ether oxygens (including phenoxy) is 3. The van der Waals surface area contributed by atoms with E-state index in [0.717, 1.165) is 50.7 Å². The summed E-state index contributed by atoms with van der Waals surface area (Å²) < 4.78 is 17.3. The highest BCUT2D eigenvalue weighted by Crippen LogP contribution is 2.36. The maximum Gasteiger partial charge on any atom is 0.218 e. The van der Waals surface area contributed by atoms with Gasteiger partial charge in [0, 0.05) is 31.0 Å². The summed E-state index contributed by atoms with van der Waals surface area (Å²) in [5.74, 6) is 2.38. The first-order valence-electron chi connectivity index (χ1n) is 8.24. The summed E-state index contributed by atoms with van der Waals surface area (Å²) in [6, 6.07) is 10.1. The van der Waals surface area contributed by atoms with Crippen LogP contribution in [0.4, 0.5) is 5.82 Å². The number of aromatic nitrogens is 2. The molecule has 0 unspecified atom stereocenters. The van der Waals surface area contributed by atoms with E-state index in [1.807, 2.05) is 18.2 Å². The van der Waals surface area contributed by atoms with Crippen molar-refractivity contribution in [3.63, 3.8) is 0 Å². The molecule has 0 amide bonds. The quantitative estimate of drug-likeness (QED) is 0.844. The fraction of sp³-hybridized carbons (Fsp3) is 0.444. The van der Waals surface area contributed by atoms with Gasteiger partial charge in [-0.05, 0) is 6.07 Å². The highest BCUT2D eigenvalue weighted by molar-refractivity contribution is 5.46. The van der Waals surface area contributed by atoms with Crippen molar-refractivity contribution < 1.29 is 14.2 Å². The van der Waals surface area contributed by atoms with Crippen molar-refractivity contribution in [3.8, 4) is 11.6 Å². The van der Waals surface area contributed by atoms with Crippen LogP contribution >= 0.6 is 0 Å². The number of para-hydroxylation sites is 1. The van der Waals surface area contributed by atoms with Crippen LogP contribution in [0.15, 0.2) is 36.7 Å². The molecule has 0 N–H and O–H groups in total. The van der Waals surface area contributed by atoms with Crippen LogP contribution in [-0.2, 0) is 11.3 Å². The van der Waals surface area contributed by atoms with Gasteiger partial charge in [-0.25, -0.2) is 9.97 Å². The van der Waals surface area contributed by atoms with Gasteiger partial charge in [0.25, 0.3) is 0 Å². The van der Waals surface area contributed by atoms with Gasteiger partial charge >= 0.3 is 0 Å². The standard InChI is InChI=1S/C18H21N3O3/c1-22-17-10-16(19-13-20-17)21-11-14-4-2-3-5-15(14)24-18(12-21)6-8-23-9-7-18/h2-5,10,13H,6-9,11-12H2,1H3. The van der Waals surface area contributed by atoms with E-state index in [9.17, 15) is 0 Å². The monoisotopic (exact) mass is 327 g/mol. The summed E-state index contributed by atoms with van der Waals surface area (Å²) in [4.78, 5) is 10.8. The van der Waals surface area contributed by atoms with Gasteiger partial charge in [0.2, 0.25) is 5.88 Å². The van der Waals surface area contributed by atoms with Crippen LogP contribution in [-0.4, -0.2) is 42.4 Å². The number of rotatable bonds is 2. The minimum Gasteiger partial charge on any atom is -0.485 e. The second-order valence-electron chi connectivity index (χ2n) is 6.28. The van der Waals surface area contributed by atoms with Gasteiger partial charge in [-0.1, -0.05) is 18.2 Å². The molecule has 126 valence electrons. The van der Waals surface area contributed by atoms with E-state index in [4.69, 9.17) is 14.2 Å². The summed E-state index contributed by atoms with van der Waals surface area (Å²) in [7, 11) is 1.62. The Kier molecular flexibility index (Phi) is 3.98. The Morgan fingerprint density at radius 1 is 1.17 bits per heavy atom. The van der Waals surface area contributed by atoms with Crippen molar-refractivity contribution in [1.29, 1.82) is 0 Å². The fourth-order valence-corrected chi connectivity index (χ4v) is 3.39. The van der Waals surface area contributed by atoms with Gasteiger partial charge in [0.1, 0.15) is 23.5 Å². The first kappa shape index (κ1) is 15.2. The molecule has 3 heterocycles. The molecule has 2 aliphatic rings. The minimum atomic E-state index is -0.247. The van der Waals surface area contributed by atoms with E-state index in [2.05, 4.69) is 27.0 Å². The van der Waals surface area contributed by atoms with E-state index in [0.29, 0.717) is 5.88 Å². The highest BCUT2D eigenvalue weighted by Gasteiger charge is 2.39. The predicted octanol–water partition coefficient (Wildman–Crippen LogP) is 2.43. The average Bonchev–Trinajstić information content (AvgIpc) is 2.79. The number of hydrogen-bond acceptors (Lipinski definition) is 6. The second-order valence-corrected chi connectivity index (χ2v) is 6.28. The molecule has 0 atom stereocenters. The highest BCUT2D eigenvalue weighted by atomic mass is 16.5. The Bertz CT molecular complexity index is 716. The first-order valence-corrected chi connectivity index (χ1v) is 8.24. The predicted molar refractivity (Wildman–Crippen MR) is 89.5 cm³/mol. The number of anilines is 1. The number of hydrogen-bond donors (Lipinski definition) is 0. The van der Waals surface area contributed by atoms with Crippen LogP contribution in [0.5, 0.6) is 11.6 Å². The SMILES string of the molecule is COc1cc(N2Cc3ccccc3OC3(CCOCC3)C2)ncn1. The van der Waals surface area contributed by atoms with Crippen molar-refractivity contribution in [1.82, 2.24) is 9.97 Å². The van der Waals surface area contributed by atoms with Crippen molar-refractivity contribution in [2.24, 2.45) is 0 Å². The summed E-state index contributed by atoms with van der Waals surface area (Å²) in [5, 5.41) is 0. The molecule has 2 aromatic rings. The molecule has 4 rings (SSSR count). The molecule has 24 heavy (non-hydrogen) atoms. The van der Waals surface area contributed by atoms with Crippen LogP contribution < -0.4 is 14.4 Å². The van der Waals surface area contributed by atoms with Crippen molar-refractivity contribution in [2.75, 3.05) is 31.8 Å².